The number of carbonyl (C=O) groups excluding carboxylic acids is 2. The molecule has 1 saturated heterocycles. The second-order valence-electron chi connectivity index (χ2n) is 7.85. The lowest BCUT2D eigenvalue weighted by Gasteiger charge is -2.48. The van der Waals surface area contributed by atoms with Gasteiger partial charge in [-0.3, -0.25) is 9.59 Å². The maximum atomic E-state index is 12.7. The van der Waals surface area contributed by atoms with Gasteiger partial charge in [0.2, 0.25) is 20.7 Å². The molecule has 0 aromatic heterocycles. The molecule has 1 heterocycles. The van der Waals surface area contributed by atoms with Crippen molar-refractivity contribution in [1.82, 2.24) is 10.2 Å². The number of carboxylic acids is 1. The molecule has 174 valence electrons. The van der Waals surface area contributed by atoms with E-state index in [1.54, 1.807) is 12.1 Å². The van der Waals surface area contributed by atoms with E-state index in [-0.39, 0.29) is 10.5 Å². The van der Waals surface area contributed by atoms with Gasteiger partial charge in [-0.2, -0.15) is 0 Å². The number of aryl methyl sites for hydroxylation is 1. The highest BCUT2D eigenvalue weighted by molar-refractivity contribution is 8.72. The van der Waals surface area contributed by atoms with Crippen LogP contribution in [0.2, 0.25) is 0 Å². The van der Waals surface area contributed by atoms with E-state index in [9.17, 15) is 27.9 Å². The maximum absolute atomic E-state index is 12.7. The Kier molecular flexibility index (Phi) is 6.99. The summed E-state index contributed by atoms with van der Waals surface area (Å²) in [4.78, 5) is 36.3. The first-order valence-electron chi connectivity index (χ1n) is 10.0. The smallest absolute Gasteiger partial charge is 0.330 e. The lowest BCUT2D eigenvalue weighted by Crippen LogP contribution is -2.73. The Hall–Kier alpha value is -3.11. The second kappa shape index (κ2) is 9.40. The van der Waals surface area contributed by atoms with Gasteiger partial charge in [0.25, 0.3) is 0 Å². The van der Waals surface area contributed by atoms with Crippen LogP contribution >= 0.6 is 10.8 Å². The fourth-order valence-electron chi connectivity index (χ4n) is 3.35. The average molecular weight is 489 g/mol. The Balaban J connectivity index is 0.000000431. The molecule has 3 unspecified atom stereocenters. The van der Waals surface area contributed by atoms with Crippen LogP contribution in [-0.2, 0) is 23.3 Å². The summed E-state index contributed by atoms with van der Waals surface area (Å²) in [6, 6.07) is 12.1. The number of carboxylic acid groups (broad SMARTS) is 1. The van der Waals surface area contributed by atoms with Crippen molar-refractivity contribution in [2.75, 3.05) is 0 Å². The highest BCUT2D eigenvalue weighted by atomic mass is 33.1. The van der Waals surface area contributed by atoms with Crippen LogP contribution in [-0.4, -0.2) is 53.7 Å². The SMILES string of the molecule is C=C(C)C(C(=O)O)N1C(=O)C(NC(C)=O)C1SS(=O)(=O)c1ccc(C)cc1.c1cc2cc-2c1. The Labute approximate surface area is 196 Å². The molecule has 10 heteroatoms. The third-order valence-corrected chi connectivity index (χ3v) is 8.79. The van der Waals surface area contributed by atoms with Crippen molar-refractivity contribution >= 4 is 37.4 Å². The first-order valence-corrected chi connectivity index (χ1v) is 12.9. The predicted octanol–water partition coefficient (Wildman–Crippen LogP) is 2.79. The summed E-state index contributed by atoms with van der Waals surface area (Å²) in [6.45, 7) is 8.02. The number of likely N-dealkylation sites (tertiary alicyclic amines) is 1. The molecule has 2 amide bonds. The van der Waals surface area contributed by atoms with Crippen molar-refractivity contribution in [2.45, 2.75) is 43.1 Å². The van der Waals surface area contributed by atoms with Gasteiger partial charge < -0.3 is 15.3 Å². The molecular weight excluding hydrogens is 464 g/mol. The number of fused-ring (bicyclic) bond motifs is 1. The van der Waals surface area contributed by atoms with Crippen molar-refractivity contribution in [3.05, 3.63) is 66.2 Å². The molecule has 0 saturated carbocycles. The summed E-state index contributed by atoms with van der Waals surface area (Å²) in [5, 5.41) is 10.7. The molecule has 1 aliphatic heterocycles. The molecule has 1 fully saturated rings. The van der Waals surface area contributed by atoms with E-state index in [2.05, 4.69) is 36.2 Å². The van der Waals surface area contributed by atoms with Gasteiger partial charge in [0, 0.05) is 17.7 Å². The number of rotatable bonds is 7. The number of benzene rings is 2. The molecule has 2 N–H and O–H groups in total. The summed E-state index contributed by atoms with van der Waals surface area (Å²) < 4.78 is 25.5. The van der Waals surface area contributed by atoms with Crippen LogP contribution in [0.3, 0.4) is 0 Å². The van der Waals surface area contributed by atoms with Gasteiger partial charge in [0.15, 0.2) is 6.04 Å². The van der Waals surface area contributed by atoms with E-state index in [0.717, 1.165) is 10.5 Å². The van der Waals surface area contributed by atoms with Gasteiger partial charge in [-0.05, 0) is 48.7 Å². The Morgan fingerprint density at radius 3 is 2.09 bits per heavy atom. The van der Waals surface area contributed by atoms with Gasteiger partial charge in [0.05, 0.1) is 4.90 Å². The highest BCUT2D eigenvalue weighted by Crippen LogP contribution is 2.39. The number of hydrogen-bond donors (Lipinski definition) is 2. The minimum Gasteiger partial charge on any atom is -0.479 e. The molecule has 0 spiro atoms. The zero-order valence-corrected chi connectivity index (χ0v) is 19.9. The molecule has 33 heavy (non-hydrogen) atoms. The molecule has 0 bridgehead atoms. The van der Waals surface area contributed by atoms with Gasteiger partial charge in [-0.1, -0.05) is 42.5 Å². The molecule has 1 aromatic carbocycles. The van der Waals surface area contributed by atoms with Crippen LogP contribution in [0.25, 0.3) is 11.1 Å². The average Bonchev–Trinajstić information content (AvgIpc) is 3.33. The lowest BCUT2D eigenvalue weighted by atomic mass is 9.99. The Morgan fingerprint density at radius 1 is 1.12 bits per heavy atom. The summed E-state index contributed by atoms with van der Waals surface area (Å²) in [7, 11) is -3.47. The zero-order chi connectivity index (χ0) is 24.5. The van der Waals surface area contributed by atoms with Crippen molar-refractivity contribution in [1.29, 1.82) is 0 Å². The topological polar surface area (TPSA) is 121 Å². The van der Waals surface area contributed by atoms with Crippen molar-refractivity contribution in [2.24, 2.45) is 0 Å². The monoisotopic (exact) mass is 488 g/mol. The van der Waals surface area contributed by atoms with Crippen LogP contribution in [0.5, 0.6) is 0 Å². The number of amides is 2. The standard InChI is InChI=1S/C17H20N2O6S2.C6H4/c1-9(2)14(17(22)23)19-15(21)13(18-11(4)20)16(19)26-27(24,25)12-7-5-10(3)6-8-12;1-2-5-4-6(5)3-1/h5-8,13-14,16H,1H2,2-4H3,(H,18,20)(H,22,23);1-4H. The van der Waals surface area contributed by atoms with Gasteiger partial charge in [-0.25, -0.2) is 13.2 Å². The lowest BCUT2D eigenvalue weighted by molar-refractivity contribution is -0.159. The molecular formula is C23H24N2O6S2. The number of β-lactam (4-membered cyclic amide) rings is 1. The molecule has 3 aliphatic rings. The maximum Gasteiger partial charge on any atom is 0.330 e. The number of aliphatic carboxylic acids is 1. The van der Waals surface area contributed by atoms with Crippen molar-refractivity contribution < 1.29 is 27.9 Å². The van der Waals surface area contributed by atoms with Crippen LogP contribution in [0.4, 0.5) is 0 Å². The first kappa shape index (κ1) is 24.5. The largest absolute Gasteiger partial charge is 0.479 e. The van der Waals surface area contributed by atoms with Crippen LogP contribution in [0, 0.1) is 6.92 Å². The fraction of sp³-hybridized carbons (Fsp3) is 0.261. The molecule has 0 radical (unpaired) electrons. The molecule has 3 atom stereocenters. The minimum absolute atomic E-state index is 0.0289. The van der Waals surface area contributed by atoms with Crippen molar-refractivity contribution in [3.63, 3.8) is 0 Å². The van der Waals surface area contributed by atoms with E-state index in [1.807, 2.05) is 6.92 Å². The summed E-state index contributed by atoms with van der Waals surface area (Å²) >= 11 is 0. The number of nitrogens with zero attached hydrogens (tertiary/aromatic N) is 1. The summed E-state index contributed by atoms with van der Waals surface area (Å²) in [5.74, 6) is -2.51. The molecule has 2 aliphatic carbocycles. The number of carbonyl (C=O) groups is 3. The minimum atomic E-state index is -3.90. The number of nitrogens with one attached hydrogen (secondary N) is 1. The quantitative estimate of drug-likeness (QED) is 0.298. The predicted molar refractivity (Wildman–Crippen MR) is 126 cm³/mol. The molecule has 4 rings (SSSR count). The Morgan fingerprint density at radius 2 is 1.70 bits per heavy atom. The normalized spacial score (nSPS) is 18.9. The third kappa shape index (κ3) is 5.45. The van der Waals surface area contributed by atoms with Gasteiger partial charge in [0.1, 0.15) is 11.4 Å². The zero-order valence-electron chi connectivity index (χ0n) is 18.3. The second-order valence-corrected chi connectivity index (χ2v) is 11.8. The number of hydrogen-bond acceptors (Lipinski definition) is 6. The fourth-order valence-corrected chi connectivity index (χ4v) is 6.86. The van der Waals surface area contributed by atoms with Crippen LogP contribution < -0.4 is 5.32 Å². The Bertz CT molecular complexity index is 1190. The van der Waals surface area contributed by atoms with E-state index in [4.69, 9.17) is 0 Å². The van der Waals surface area contributed by atoms with Crippen LogP contribution in [0.1, 0.15) is 19.4 Å². The van der Waals surface area contributed by atoms with Gasteiger partial charge >= 0.3 is 5.97 Å². The highest BCUT2D eigenvalue weighted by Gasteiger charge is 2.55. The van der Waals surface area contributed by atoms with E-state index < -0.39 is 44.1 Å². The first-order chi connectivity index (χ1) is 15.4. The summed E-state index contributed by atoms with van der Waals surface area (Å²) in [6.07, 6.45) is 0. The van der Waals surface area contributed by atoms with Gasteiger partial charge in [-0.15, -0.1) is 0 Å². The van der Waals surface area contributed by atoms with Crippen molar-refractivity contribution in [3.8, 4) is 11.1 Å². The third-order valence-electron chi connectivity index (χ3n) is 5.06. The summed E-state index contributed by atoms with van der Waals surface area (Å²) in [5.41, 5.74) is 3.91. The van der Waals surface area contributed by atoms with E-state index >= 15 is 0 Å². The van der Waals surface area contributed by atoms with E-state index in [1.165, 1.54) is 37.1 Å². The molecule has 8 nitrogen and oxygen atoms in total. The van der Waals surface area contributed by atoms with E-state index in [0.29, 0.717) is 10.8 Å². The van der Waals surface area contributed by atoms with Crippen LogP contribution in [0.15, 0.2) is 65.6 Å². The molecule has 1 aromatic rings.